The summed E-state index contributed by atoms with van der Waals surface area (Å²) in [5.74, 6) is 1.15. The quantitative estimate of drug-likeness (QED) is 0.510. The molecule has 9 heteroatoms. The average Bonchev–Trinajstić information content (AvgIpc) is 3.46. The van der Waals surface area contributed by atoms with E-state index in [1.807, 2.05) is 27.1 Å². The molecule has 0 saturated heterocycles. The first kappa shape index (κ1) is 19.0. The molecule has 1 aliphatic rings. The molecule has 1 saturated carbocycles. The monoisotopic (exact) mass is 371 g/mol. The van der Waals surface area contributed by atoms with Crippen LogP contribution in [0.4, 0.5) is 17.6 Å². The molecule has 0 atom stereocenters. The summed E-state index contributed by atoms with van der Waals surface area (Å²) in [5.41, 5.74) is 2.99. The van der Waals surface area contributed by atoms with Crippen molar-refractivity contribution in [3.05, 3.63) is 23.5 Å². The lowest BCUT2D eigenvalue weighted by molar-refractivity contribution is 0.141. The third-order valence-electron chi connectivity index (χ3n) is 4.08. The summed E-state index contributed by atoms with van der Waals surface area (Å²) in [6, 6.07) is 2.12. The molecule has 0 aliphatic heterocycles. The molecule has 1 aliphatic carbocycles. The Morgan fingerprint density at radius 2 is 2.04 bits per heavy atom. The van der Waals surface area contributed by atoms with Gasteiger partial charge in [-0.05, 0) is 25.8 Å². The highest BCUT2D eigenvalue weighted by Gasteiger charge is 2.29. The normalized spacial score (nSPS) is 13.3. The first-order chi connectivity index (χ1) is 13.0. The number of nitrogens with one attached hydrogen (secondary N) is 2. The smallest absolute Gasteiger partial charge is 0.323 e. The molecule has 1 fully saturated rings. The number of aryl methyl sites for hydroxylation is 1. The van der Waals surface area contributed by atoms with Crippen LogP contribution in [-0.2, 0) is 4.74 Å². The largest absolute Gasteiger partial charge is 0.461 e. The second kappa shape index (κ2) is 8.26. The fourth-order valence-corrected chi connectivity index (χ4v) is 2.47. The molecule has 144 valence electrons. The van der Waals surface area contributed by atoms with Crippen molar-refractivity contribution < 1.29 is 9.47 Å². The molecule has 3 rings (SSSR count). The fraction of sp³-hybridized carbons (Fsp3) is 0.500. The summed E-state index contributed by atoms with van der Waals surface area (Å²) in [6.07, 6.45) is 3.85. The second-order valence-electron chi connectivity index (χ2n) is 6.66. The number of rotatable bonds is 9. The van der Waals surface area contributed by atoms with E-state index in [4.69, 9.17) is 14.9 Å². The number of pyridine rings is 1. The van der Waals surface area contributed by atoms with Crippen LogP contribution in [0.25, 0.3) is 0 Å². The van der Waals surface area contributed by atoms with E-state index < -0.39 is 0 Å². The first-order valence-corrected chi connectivity index (χ1v) is 8.85. The molecule has 2 N–H and O–H groups in total. The van der Waals surface area contributed by atoms with Crippen LogP contribution >= 0.6 is 0 Å². The SMILES string of the molecule is COCCOc1nc(Nc2cc(C)ncc2C(=N)C2CC2)nc(N(C)C)n1. The van der Waals surface area contributed by atoms with Gasteiger partial charge in [0.05, 0.1) is 12.3 Å². The molecule has 0 radical (unpaired) electrons. The van der Waals surface area contributed by atoms with Gasteiger partial charge in [0.2, 0.25) is 11.9 Å². The van der Waals surface area contributed by atoms with Gasteiger partial charge in [-0.3, -0.25) is 4.98 Å². The molecule has 27 heavy (non-hydrogen) atoms. The summed E-state index contributed by atoms with van der Waals surface area (Å²) in [7, 11) is 5.31. The van der Waals surface area contributed by atoms with Gasteiger partial charge in [-0.15, -0.1) is 0 Å². The summed E-state index contributed by atoms with van der Waals surface area (Å²) >= 11 is 0. The van der Waals surface area contributed by atoms with Crippen LogP contribution in [0, 0.1) is 18.3 Å². The van der Waals surface area contributed by atoms with Gasteiger partial charge < -0.3 is 25.1 Å². The van der Waals surface area contributed by atoms with Crippen LogP contribution in [0.5, 0.6) is 6.01 Å². The number of hydrogen-bond acceptors (Lipinski definition) is 9. The number of nitrogens with zero attached hydrogens (tertiary/aromatic N) is 5. The van der Waals surface area contributed by atoms with Crippen molar-refractivity contribution in [3.63, 3.8) is 0 Å². The van der Waals surface area contributed by atoms with E-state index in [1.165, 1.54) is 0 Å². The van der Waals surface area contributed by atoms with E-state index in [0.29, 0.717) is 36.7 Å². The molecular weight excluding hydrogens is 346 g/mol. The van der Waals surface area contributed by atoms with Crippen molar-refractivity contribution in [1.82, 2.24) is 19.9 Å². The maximum atomic E-state index is 8.41. The van der Waals surface area contributed by atoms with Gasteiger partial charge >= 0.3 is 6.01 Å². The van der Waals surface area contributed by atoms with Crippen LogP contribution in [0.1, 0.15) is 24.1 Å². The first-order valence-electron chi connectivity index (χ1n) is 8.85. The van der Waals surface area contributed by atoms with Crippen molar-refractivity contribution in [3.8, 4) is 6.01 Å². The maximum Gasteiger partial charge on any atom is 0.323 e. The van der Waals surface area contributed by atoms with Gasteiger partial charge in [-0.25, -0.2) is 0 Å². The van der Waals surface area contributed by atoms with Crippen molar-refractivity contribution in [1.29, 1.82) is 5.41 Å². The van der Waals surface area contributed by atoms with E-state index in [1.54, 1.807) is 18.2 Å². The molecule has 0 amide bonds. The zero-order valence-electron chi connectivity index (χ0n) is 16.1. The summed E-state index contributed by atoms with van der Waals surface area (Å²) in [4.78, 5) is 19.2. The Bertz CT molecular complexity index is 821. The number of anilines is 3. The third kappa shape index (κ3) is 4.88. The molecule has 0 bridgehead atoms. The number of ether oxygens (including phenoxy) is 2. The van der Waals surface area contributed by atoms with Crippen molar-refractivity contribution in [2.45, 2.75) is 19.8 Å². The van der Waals surface area contributed by atoms with Gasteiger partial charge in [0.25, 0.3) is 0 Å². The van der Waals surface area contributed by atoms with Gasteiger partial charge in [-0.2, -0.15) is 15.0 Å². The van der Waals surface area contributed by atoms with E-state index in [-0.39, 0.29) is 6.01 Å². The van der Waals surface area contributed by atoms with E-state index in [0.717, 1.165) is 29.8 Å². The molecule has 0 aromatic carbocycles. The molecule has 2 aromatic rings. The number of aromatic nitrogens is 4. The van der Waals surface area contributed by atoms with Crippen LogP contribution in [-0.4, -0.2) is 60.1 Å². The summed E-state index contributed by atoms with van der Waals surface area (Å²) < 4.78 is 10.6. The second-order valence-corrected chi connectivity index (χ2v) is 6.66. The predicted octanol–water partition coefficient (Wildman–Crippen LogP) is 2.19. The molecular formula is C18H25N7O2. The maximum absolute atomic E-state index is 8.41. The summed E-state index contributed by atoms with van der Waals surface area (Å²) in [5, 5.41) is 11.6. The van der Waals surface area contributed by atoms with Crippen molar-refractivity contribution in [2.24, 2.45) is 5.92 Å². The summed E-state index contributed by atoms with van der Waals surface area (Å²) in [6.45, 7) is 2.70. The Labute approximate surface area is 158 Å². The highest BCUT2D eigenvalue weighted by molar-refractivity contribution is 6.05. The lowest BCUT2D eigenvalue weighted by atomic mass is 10.1. The lowest BCUT2D eigenvalue weighted by Crippen LogP contribution is -2.17. The third-order valence-corrected chi connectivity index (χ3v) is 4.08. The zero-order chi connectivity index (χ0) is 19.4. The van der Waals surface area contributed by atoms with Gasteiger partial charge in [0, 0.05) is 50.3 Å². The molecule has 9 nitrogen and oxygen atoms in total. The Morgan fingerprint density at radius 3 is 2.70 bits per heavy atom. The Kier molecular flexibility index (Phi) is 5.80. The Hall–Kier alpha value is -2.81. The van der Waals surface area contributed by atoms with Gasteiger partial charge in [0.1, 0.15) is 6.61 Å². The van der Waals surface area contributed by atoms with Crippen molar-refractivity contribution in [2.75, 3.05) is 44.6 Å². The highest BCUT2D eigenvalue weighted by Crippen LogP contribution is 2.35. The fourth-order valence-electron chi connectivity index (χ4n) is 2.47. The Balaban J connectivity index is 1.90. The topological polar surface area (TPSA) is 109 Å². The molecule has 0 spiro atoms. The van der Waals surface area contributed by atoms with Crippen LogP contribution in [0.15, 0.2) is 12.3 Å². The molecule has 2 heterocycles. The van der Waals surface area contributed by atoms with E-state index in [2.05, 4.69) is 25.3 Å². The highest BCUT2D eigenvalue weighted by atomic mass is 16.5. The zero-order valence-corrected chi connectivity index (χ0v) is 16.1. The van der Waals surface area contributed by atoms with Gasteiger partial charge in [0.15, 0.2) is 0 Å². The lowest BCUT2D eigenvalue weighted by Gasteiger charge is -2.15. The predicted molar refractivity (Wildman–Crippen MR) is 103 cm³/mol. The Morgan fingerprint density at radius 1 is 1.26 bits per heavy atom. The van der Waals surface area contributed by atoms with E-state index >= 15 is 0 Å². The minimum atomic E-state index is 0.220. The van der Waals surface area contributed by atoms with Crippen LogP contribution < -0.4 is 15.0 Å². The minimum Gasteiger partial charge on any atom is -0.461 e. The van der Waals surface area contributed by atoms with Crippen LogP contribution in [0.2, 0.25) is 0 Å². The van der Waals surface area contributed by atoms with Crippen molar-refractivity contribution >= 4 is 23.3 Å². The van der Waals surface area contributed by atoms with E-state index in [9.17, 15) is 0 Å². The average molecular weight is 371 g/mol. The number of hydrogen-bond donors (Lipinski definition) is 2. The standard InChI is InChI=1S/C18H25N7O2/c1-11-9-14(13(10-20-11)15(19)12-5-6-12)21-16-22-17(25(2)3)24-18(23-16)27-8-7-26-4/h9-10,12,19H,5-8H2,1-4H3,(H,20,21,22,23,24). The molecule has 0 unspecified atom stereocenters. The molecule has 2 aromatic heterocycles. The number of methoxy groups -OCH3 is 1. The van der Waals surface area contributed by atoms with Crippen LogP contribution in [0.3, 0.4) is 0 Å². The minimum absolute atomic E-state index is 0.220. The van der Waals surface area contributed by atoms with Gasteiger partial charge in [-0.1, -0.05) is 0 Å².